The molecule has 1 saturated heterocycles. The van der Waals surface area contributed by atoms with Gasteiger partial charge in [-0.3, -0.25) is 81.5 Å². The van der Waals surface area contributed by atoms with Gasteiger partial charge in [-0.25, -0.2) is 0 Å². The van der Waals surface area contributed by atoms with Gasteiger partial charge in [0, 0.05) is 97.7 Å². The fourth-order valence-corrected chi connectivity index (χ4v) is 12.7. The second-order valence-corrected chi connectivity index (χ2v) is 27.9. The topological polar surface area (TPSA) is 602 Å². The van der Waals surface area contributed by atoms with Crippen LogP contribution in [0.1, 0.15) is 108 Å². The van der Waals surface area contributed by atoms with Gasteiger partial charge >= 0.3 is 5.97 Å². The number of carbonyl (C=O) groups is 17. The maximum Gasteiger partial charge on any atom is 0.303 e. The van der Waals surface area contributed by atoms with Crippen LogP contribution < -0.4 is 81.4 Å². The molecule has 11 atom stereocenters. The zero-order valence-corrected chi connectivity index (χ0v) is 63.0. The fourth-order valence-electron chi connectivity index (χ4n) is 12.2. The minimum atomic E-state index is -1.75. The van der Waals surface area contributed by atoms with Gasteiger partial charge in [0.05, 0.1) is 13.0 Å². The van der Waals surface area contributed by atoms with Crippen molar-refractivity contribution in [2.45, 2.75) is 177 Å². The third-order valence-electron chi connectivity index (χ3n) is 18.0. The Morgan fingerprint density at radius 3 is 1.35 bits per heavy atom. The molecule has 16 amide bonds. The smallest absolute Gasteiger partial charge is 0.303 e. The molecule has 0 bridgehead atoms. The third-order valence-corrected chi connectivity index (χ3v) is 18.8. The van der Waals surface area contributed by atoms with E-state index in [9.17, 15) is 82.1 Å². The molecule has 1 fully saturated rings. The van der Waals surface area contributed by atoms with Gasteiger partial charge in [0.1, 0.15) is 72.2 Å². The first-order chi connectivity index (χ1) is 52.6. The van der Waals surface area contributed by atoms with Crippen molar-refractivity contribution in [2.75, 3.05) is 24.6 Å². The van der Waals surface area contributed by atoms with Crippen LogP contribution in [0.3, 0.4) is 0 Å². The van der Waals surface area contributed by atoms with Crippen molar-refractivity contribution in [2.24, 2.45) is 28.9 Å². The number of primary amides is 4. The first kappa shape index (κ1) is 88.1. The van der Waals surface area contributed by atoms with E-state index < -0.39 is 211 Å². The average molecular weight is 1580 g/mol. The normalized spacial score (nSPS) is 15.2. The van der Waals surface area contributed by atoms with E-state index in [1.807, 2.05) is 13.8 Å². The van der Waals surface area contributed by atoms with Gasteiger partial charge in [0.25, 0.3) is 0 Å². The number of carbonyl (C=O) groups excluding carboxylic acids is 16. The lowest BCUT2D eigenvalue weighted by Gasteiger charge is -2.31. The van der Waals surface area contributed by atoms with Crippen molar-refractivity contribution < 1.29 is 91.7 Å². The average Bonchev–Trinajstić information content (AvgIpc) is 1.72. The molecule has 0 radical (unpaired) electrons. The van der Waals surface area contributed by atoms with Crippen LogP contribution >= 0.6 is 25.3 Å². The van der Waals surface area contributed by atoms with Gasteiger partial charge in [-0.15, -0.1) is 0 Å². The Bertz CT molecular complexity index is 4230. The molecule has 111 heavy (non-hydrogen) atoms. The molecule has 23 N–H and O–H groups in total. The first-order valence-electron chi connectivity index (χ1n) is 35.7. The molecule has 3 heterocycles. The van der Waals surface area contributed by atoms with E-state index in [0.717, 1.165) is 0 Å². The Morgan fingerprint density at radius 2 is 0.883 bits per heavy atom. The summed E-state index contributed by atoms with van der Waals surface area (Å²) in [7, 11) is 0. The number of aromatic amines is 2. The zero-order chi connectivity index (χ0) is 81.8. The Balaban J connectivity index is 1.29. The largest absolute Gasteiger partial charge is 0.508 e. The molecule has 2 aromatic heterocycles. The molecule has 0 spiro atoms. The van der Waals surface area contributed by atoms with Gasteiger partial charge in [-0.2, -0.15) is 25.3 Å². The number of para-hydroxylation sites is 2. The monoisotopic (exact) mass is 1580 g/mol. The number of carboxylic acid groups (broad SMARTS) is 1. The van der Waals surface area contributed by atoms with Crippen LogP contribution in [0.25, 0.3) is 21.8 Å². The second kappa shape index (κ2) is 42.8. The SMILES string of the molecule is CC(=O)N[C@@H](CS)C(=O)N[C@@H](CCC(N)=O)C(=O)N1CCC[C@H]1C(=O)N[C@@H](Cc1c[nH]c2ccccc12)C(=O)N[C@@H](CCC(N)=O)C(=O)N[C@@H](CS)C(=O)N[C@@H](Cc1ccc(O)cc1)C(=O)N[C@@H](Cc1c[nH]c2ccccc12)C(=O)N[C@@H](CCC(C)C)C(=O)N[C@@H](CCC(=O)O)C(=O)N[C@@H](CC(N)=O)C(=O)NCC(N)=O. The summed E-state index contributed by atoms with van der Waals surface area (Å²) < 4.78 is 0. The summed E-state index contributed by atoms with van der Waals surface area (Å²) in [5, 5.41) is 48.8. The minimum absolute atomic E-state index is 0.0175. The van der Waals surface area contributed by atoms with E-state index in [-0.39, 0.29) is 81.8 Å². The lowest BCUT2D eigenvalue weighted by Crippen LogP contribution is -2.61. The summed E-state index contributed by atoms with van der Waals surface area (Å²) in [6.07, 6.45) is -1.13. The number of H-pyrrole nitrogens is 2. The molecule has 3 aromatic carbocycles. The molecule has 0 unspecified atom stereocenters. The predicted octanol–water partition coefficient (Wildman–Crippen LogP) is -3.59. The number of thiol groups is 2. The molecule has 37 nitrogen and oxygen atoms in total. The Kier molecular flexibility index (Phi) is 34.0. The Labute approximate surface area is 647 Å². The molecule has 5 aromatic rings. The second-order valence-electron chi connectivity index (χ2n) is 27.1. The predicted molar refractivity (Wildman–Crippen MR) is 407 cm³/mol. The summed E-state index contributed by atoms with van der Waals surface area (Å²) in [5.74, 6) is -17.7. The molecule has 39 heteroatoms. The first-order valence-corrected chi connectivity index (χ1v) is 36.9. The maximum absolute atomic E-state index is 15.2. The number of hydrogen-bond acceptors (Lipinski definition) is 20. The number of aromatic hydroxyl groups is 1. The van der Waals surface area contributed by atoms with E-state index in [1.54, 1.807) is 60.9 Å². The molecule has 6 rings (SSSR count). The highest BCUT2D eigenvalue weighted by molar-refractivity contribution is 7.80. The van der Waals surface area contributed by atoms with Crippen LogP contribution in [0.15, 0.2) is 85.2 Å². The number of benzene rings is 3. The highest BCUT2D eigenvalue weighted by atomic mass is 32.1. The number of carboxylic acids is 1. The lowest BCUT2D eigenvalue weighted by molar-refractivity contribution is -0.142. The summed E-state index contributed by atoms with van der Waals surface area (Å²) in [6.45, 7) is 4.06. The summed E-state index contributed by atoms with van der Waals surface area (Å²) in [5.41, 5.74) is 24.1. The van der Waals surface area contributed by atoms with Gasteiger partial charge in [-0.1, -0.05) is 62.4 Å². The molecule has 1 aliphatic heterocycles. The van der Waals surface area contributed by atoms with Crippen LogP contribution in [0, 0.1) is 5.92 Å². The van der Waals surface area contributed by atoms with Gasteiger partial charge in [0.15, 0.2) is 0 Å². The standard InChI is InChI=1S/C72H96N18O19S2/c1-36(2)14-19-46(63(100)81-48(22-25-61(97)98)64(101)87-53(30-59(75)95)62(99)79-33-60(76)96)82-67(104)51(28-39-31-77-44-11-6-4-9-42(39)44)86-66(103)50(27-38-15-17-41(92)18-16-38)85-70(107)55(35-111)89-65(102)47(20-23-57(73)93)83-68(105)52(29-40-32-78-45-12-7-5-10-43(40)45)88-71(108)56-13-8-26-90(56)72(109)49(21-24-58(74)94)84-69(106)54(34-110)80-37(3)91/h4-7,9-12,15-18,31-32,36,46-56,77-78,92,110-111H,8,13-14,19-30,33-35H2,1-3H3,(H2,73,93)(H2,74,94)(H2,75,95)(H2,76,96)(H,79,99)(H,80,91)(H,81,100)(H,82,104)(H,83,105)(H,84,106)(H,85,107)(H,86,103)(H,87,101)(H,88,108)(H,89,102)(H,97,98)/t46-,47-,48-,49-,50-,51-,52-,53-,54-,55-,56-/m0/s1. The van der Waals surface area contributed by atoms with E-state index in [1.165, 1.54) is 36.1 Å². The molecular weight excluding hydrogens is 1490 g/mol. The van der Waals surface area contributed by atoms with E-state index >= 15 is 9.59 Å². The van der Waals surface area contributed by atoms with Crippen LogP contribution in [0.5, 0.6) is 5.75 Å². The van der Waals surface area contributed by atoms with Crippen molar-refractivity contribution in [1.82, 2.24) is 73.4 Å². The number of nitrogens with one attached hydrogen (secondary N) is 13. The number of rotatable bonds is 45. The quantitative estimate of drug-likeness (QED) is 0.0168. The highest BCUT2D eigenvalue weighted by Gasteiger charge is 2.42. The minimum Gasteiger partial charge on any atom is -0.508 e. The van der Waals surface area contributed by atoms with Crippen LogP contribution in [-0.2, 0) is 101 Å². The van der Waals surface area contributed by atoms with Crippen LogP contribution in [0.4, 0.5) is 0 Å². The van der Waals surface area contributed by atoms with Crippen molar-refractivity contribution in [1.29, 1.82) is 0 Å². The lowest BCUT2D eigenvalue weighted by atomic mass is 9.99. The zero-order valence-electron chi connectivity index (χ0n) is 61.2. The molecular formula is C72H96N18O19S2. The number of nitrogens with two attached hydrogens (primary N) is 4. The maximum atomic E-state index is 15.2. The summed E-state index contributed by atoms with van der Waals surface area (Å²) in [6, 6.07) is 2.18. The van der Waals surface area contributed by atoms with Gasteiger partial charge < -0.3 is 107 Å². The number of fused-ring (bicyclic) bond motifs is 2. The van der Waals surface area contributed by atoms with Crippen molar-refractivity contribution in [3.63, 3.8) is 0 Å². The summed E-state index contributed by atoms with van der Waals surface area (Å²) in [4.78, 5) is 238. The van der Waals surface area contributed by atoms with Gasteiger partial charge in [-0.05, 0) is 91.8 Å². The number of phenols is 1. The molecule has 0 aliphatic carbocycles. The third kappa shape index (κ3) is 27.7. The number of hydrogen-bond donors (Lipinski definition) is 21. The van der Waals surface area contributed by atoms with Crippen LogP contribution in [-0.4, -0.2) is 217 Å². The van der Waals surface area contributed by atoms with Crippen molar-refractivity contribution in [3.8, 4) is 5.75 Å². The number of likely N-dealkylation sites (tertiary alicyclic amines) is 1. The van der Waals surface area contributed by atoms with E-state index in [4.69, 9.17) is 22.9 Å². The Hall–Kier alpha value is -11.8. The fraction of sp³-hybridized carbons (Fsp3) is 0.458. The highest BCUT2D eigenvalue weighted by Crippen LogP contribution is 2.25. The Morgan fingerprint density at radius 1 is 0.468 bits per heavy atom. The number of aromatic nitrogens is 2. The van der Waals surface area contributed by atoms with Crippen molar-refractivity contribution in [3.05, 3.63) is 102 Å². The number of phenolic OH excluding ortho intramolecular Hbond substituents is 1. The van der Waals surface area contributed by atoms with Crippen LogP contribution in [0.2, 0.25) is 0 Å². The summed E-state index contributed by atoms with van der Waals surface area (Å²) >= 11 is 8.52. The molecule has 600 valence electrons. The van der Waals surface area contributed by atoms with E-state index in [2.05, 4.69) is 93.7 Å². The number of amides is 16. The number of aliphatic carboxylic acids is 1. The molecule has 0 saturated carbocycles. The van der Waals surface area contributed by atoms with Crippen molar-refractivity contribution >= 4 is 148 Å². The number of nitrogens with zero attached hydrogens (tertiary/aromatic N) is 1. The van der Waals surface area contributed by atoms with Gasteiger partial charge in [0.2, 0.25) is 94.5 Å². The molecule has 1 aliphatic rings. The van der Waals surface area contributed by atoms with E-state index in [0.29, 0.717) is 38.5 Å².